The van der Waals surface area contributed by atoms with E-state index in [9.17, 15) is 4.79 Å². The predicted octanol–water partition coefficient (Wildman–Crippen LogP) is 0.764. The van der Waals surface area contributed by atoms with Gasteiger partial charge in [-0.05, 0) is 49.2 Å². The van der Waals surface area contributed by atoms with E-state index in [1.165, 1.54) is 15.9 Å². The molecule has 2 unspecified atom stereocenters. The summed E-state index contributed by atoms with van der Waals surface area (Å²) < 4.78 is 5.85. The Labute approximate surface area is 201 Å². The van der Waals surface area contributed by atoms with E-state index in [0.29, 0.717) is 5.91 Å². The summed E-state index contributed by atoms with van der Waals surface area (Å²) in [6, 6.07) is 32.2. The van der Waals surface area contributed by atoms with Gasteiger partial charge < -0.3 is 26.6 Å². The Morgan fingerprint density at radius 1 is 0.781 bits per heavy atom. The van der Waals surface area contributed by atoms with Crippen LogP contribution in [0.2, 0.25) is 0 Å². The second kappa shape index (κ2) is 10.3. The number of benzene rings is 3. The average Bonchev–Trinajstić information content (AvgIpc) is 3.48. The lowest BCUT2D eigenvalue weighted by Crippen LogP contribution is -3.00. The molecule has 0 saturated carbocycles. The fourth-order valence-corrected chi connectivity index (χ4v) is 10.2. The number of hydrogen-bond donors (Lipinski definition) is 0. The molecule has 0 radical (unpaired) electrons. The van der Waals surface area contributed by atoms with Crippen LogP contribution in [0.3, 0.4) is 0 Å². The first kappa shape index (κ1) is 23.2. The highest BCUT2D eigenvalue weighted by Gasteiger charge is 2.58. The number of nitrogens with zero attached hydrogens (tertiary/aromatic N) is 1. The zero-order chi connectivity index (χ0) is 21.1. The van der Waals surface area contributed by atoms with Crippen molar-refractivity contribution in [3.8, 4) is 0 Å². The van der Waals surface area contributed by atoms with Crippen LogP contribution in [0.1, 0.15) is 19.3 Å². The number of halogens is 1. The number of rotatable bonds is 6. The molecule has 2 heterocycles. The quantitative estimate of drug-likeness (QED) is 0.459. The fourth-order valence-electron chi connectivity index (χ4n) is 5.27. The maximum Gasteiger partial charge on any atom is 0.264 e. The summed E-state index contributed by atoms with van der Waals surface area (Å²) in [5, 5.41) is 3.85. The van der Waals surface area contributed by atoms with Gasteiger partial charge in [0.15, 0.2) is 5.66 Å². The maximum absolute atomic E-state index is 14.0. The van der Waals surface area contributed by atoms with Crippen LogP contribution in [0.4, 0.5) is 0 Å². The first-order chi connectivity index (χ1) is 15.3. The molecule has 5 heteroatoms. The van der Waals surface area contributed by atoms with Crippen molar-refractivity contribution in [3.63, 3.8) is 0 Å². The van der Waals surface area contributed by atoms with E-state index in [1.807, 2.05) is 0 Å². The van der Waals surface area contributed by atoms with Crippen LogP contribution < -0.4 is 32.9 Å². The Hall–Kier alpha value is -2.00. The Kier molecular flexibility index (Phi) is 7.45. The molecule has 0 spiro atoms. The molecule has 2 aliphatic heterocycles. The Balaban J connectivity index is 0.00000245. The molecule has 166 valence electrons. The number of hydrogen-bond acceptors (Lipinski definition) is 2. The molecule has 2 atom stereocenters. The van der Waals surface area contributed by atoms with Crippen LogP contribution in [0.25, 0.3) is 0 Å². The minimum Gasteiger partial charge on any atom is -1.00 e. The van der Waals surface area contributed by atoms with Gasteiger partial charge in [0.05, 0.1) is 6.10 Å². The number of likely N-dealkylation sites (tertiary alicyclic amines) is 1. The van der Waals surface area contributed by atoms with Crippen molar-refractivity contribution >= 4 is 29.1 Å². The van der Waals surface area contributed by atoms with Gasteiger partial charge in [0.25, 0.3) is 5.91 Å². The highest BCUT2D eigenvalue weighted by molar-refractivity contribution is 7.96. The molecule has 3 nitrogen and oxygen atoms in total. The van der Waals surface area contributed by atoms with Gasteiger partial charge in [-0.2, -0.15) is 0 Å². The summed E-state index contributed by atoms with van der Waals surface area (Å²) in [5.41, 5.74) is -0.0406. The molecular weight excluding hydrogens is 481 g/mol. The van der Waals surface area contributed by atoms with Crippen LogP contribution in [0.5, 0.6) is 0 Å². The molecule has 0 aromatic heterocycles. The average molecular weight is 510 g/mol. The molecule has 0 bridgehead atoms. The second-order valence-corrected chi connectivity index (χ2v) is 12.1. The van der Waals surface area contributed by atoms with Crippen molar-refractivity contribution in [2.45, 2.75) is 31.0 Å². The summed E-state index contributed by atoms with van der Waals surface area (Å²) in [4.78, 5) is 16.0. The summed E-state index contributed by atoms with van der Waals surface area (Å²) in [5.74, 6) is 0.292. The first-order valence-corrected chi connectivity index (χ1v) is 13.1. The monoisotopic (exact) mass is 509 g/mol. The van der Waals surface area contributed by atoms with Gasteiger partial charge in [0.1, 0.15) is 23.2 Å². The van der Waals surface area contributed by atoms with Gasteiger partial charge in [-0.3, -0.25) is 4.79 Å². The molecule has 1 amide bonds. The zero-order valence-corrected chi connectivity index (χ0v) is 20.6. The van der Waals surface area contributed by atoms with Gasteiger partial charge in [0, 0.05) is 26.1 Å². The second-order valence-electron chi connectivity index (χ2n) is 8.45. The largest absolute Gasteiger partial charge is 1.00 e. The Morgan fingerprint density at radius 2 is 1.28 bits per heavy atom. The highest BCUT2D eigenvalue weighted by atomic mass is 79.9. The van der Waals surface area contributed by atoms with E-state index < -0.39 is 7.26 Å². The van der Waals surface area contributed by atoms with E-state index in [-0.39, 0.29) is 28.7 Å². The summed E-state index contributed by atoms with van der Waals surface area (Å²) >= 11 is 0. The number of carbonyl (C=O) groups is 1. The van der Waals surface area contributed by atoms with Gasteiger partial charge in [-0.25, -0.2) is 0 Å². The van der Waals surface area contributed by atoms with Gasteiger partial charge >= 0.3 is 0 Å². The van der Waals surface area contributed by atoms with Crippen molar-refractivity contribution in [2.24, 2.45) is 0 Å². The van der Waals surface area contributed by atoms with Gasteiger partial charge in [-0.1, -0.05) is 54.6 Å². The van der Waals surface area contributed by atoms with Crippen LogP contribution in [-0.2, 0) is 9.53 Å². The van der Waals surface area contributed by atoms with Crippen molar-refractivity contribution in [2.75, 3.05) is 19.7 Å². The van der Waals surface area contributed by atoms with Crippen LogP contribution >= 0.6 is 7.26 Å². The molecule has 0 aliphatic carbocycles. The molecule has 5 rings (SSSR count). The van der Waals surface area contributed by atoms with E-state index >= 15 is 0 Å². The predicted molar refractivity (Wildman–Crippen MR) is 129 cm³/mol. The minimum atomic E-state index is -2.17. The van der Waals surface area contributed by atoms with Crippen molar-refractivity contribution in [1.29, 1.82) is 0 Å². The SMILES string of the molecule is O=C1C([P+](c2ccccc2)(c2ccccc2)c2ccccc2)CCN1CC1CCCO1.[Br-]. The lowest BCUT2D eigenvalue weighted by molar-refractivity contribution is -0.128. The summed E-state index contributed by atoms with van der Waals surface area (Å²) in [6.45, 7) is 2.37. The van der Waals surface area contributed by atoms with E-state index in [0.717, 1.165) is 39.0 Å². The first-order valence-electron chi connectivity index (χ1n) is 11.3. The normalized spacial score (nSPS) is 20.9. The van der Waals surface area contributed by atoms with E-state index in [2.05, 4.69) is 95.9 Å². The van der Waals surface area contributed by atoms with E-state index in [1.54, 1.807) is 0 Å². The molecule has 32 heavy (non-hydrogen) atoms. The third-order valence-corrected chi connectivity index (χ3v) is 11.4. The Bertz CT molecular complexity index is 913. The molecule has 3 aromatic rings. The molecule has 3 aromatic carbocycles. The Morgan fingerprint density at radius 3 is 1.72 bits per heavy atom. The maximum atomic E-state index is 14.0. The van der Waals surface area contributed by atoms with Crippen molar-refractivity contribution in [3.05, 3.63) is 91.0 Å². The van der Waals surface area contributed by atoms with Crippen LogP contribution in [-0.4, -0.2) is 42.3 Å². The minimum absolute atomic E-state index is 0. The lowest BCUT2D eigenvalue weighted by atomic mass is 10.2. The van der Waals surface area contributed by atoms with Crippen molar-refractivity contribution in [1.82, 2.24) is 4.90 Å². The molecule has 0 N–H and O–H groups in total. The van der Waals surface area contributed by atoms with E-state index in [4.69, 9.17) is 4.74 Å². The molecular formula is C27H29BrNO2P. The molecule has 2 saturated heterocycles. The topological polar surface area (TPSA) is 29.5 Å². The fraction of sp³-hybridized carbons (Fsp3) is 0.296. The lowest BCUT2D eigenvalue weighted by Gasteiger charge is -2.32. The van der Waals surface area contributed by atoms with Crippen molar-refractivity contribution < 1.29 is 26.5 Å². The van der Waals surface area contributed by atoms with Gasteiger partial charge in [0.2, 0.25) is 0 Å². The third-order valence-electron chi connectivity index (χ3n) is 6.68. The smallest absolute Gasteiger partial charge is 0.264 e. The number of carbonyl (C=O) groups excluding carboxylic acids is 1. The number of ether oxygens (including phenoxy) is 1. The number of amides is 1. The summed E-state index contributed by atoms with van der Waals surface area (Å²) in [6.07, 6.45) is 3.24. The van der Waals surface area contributed by atoms with Crippen LogP contribution in [0.15, 0.2) is 91.0 Å². The van der Waals surface area contributed by atoms with Crippen LogP contribution in [0, 0.1) is 0 Å². The molecule has 2 aliphatic rings. The zero-order valence-electron chi connectivity index (χ0n) is 18.1. The van der Waals surface area contributed by atoms with Gasteiger partial charge in [-0.15, -0.1) is 0 Å². The summed E-state index contributed by atoms with van der Waals surface area (Å²) in [7, 11) is -2.17. The highest BCUT2D eigenvalue weighted by Crippen LogP contribution is 2.62. The third kappa shape index (κ3) is 4.17. The molecule has 2 fully saturated rings. The standard InChI is InChI=1S/C27H29NO2P.BrH/c29-27-26(18-19-28(27)21-22-11-10-20-30-22)31(23-12-4-1-5-13-23,24-14-6-2-7-15-24)25-16-8-3-9-17-25;/h1-9,12-17,22,26H,10-11,18-21H2;1H/q+1;/p-1.